The maximum atomic E-state index is 13.7. The minimum atomic E-state index is -0.660. The summed E-state index contributed by atoms with van der Waals surface area (Å²) in [4.78, 5) is 31.7. The molecule has 0 saturated carbocycles. The lowest BCUT2D eigenvalue weighted by Gasteiger charge is -2.24. The summed E-state index contributed by atoms with van der Waals surface area (Å²) < 4.78 is 18.8. The molecule has 4 rings (SSSR count). The number of fused-ring (bicyclic) bond motifs is 1. The summed E-state index contributed by atoms with van der Waals surface area (Å²) in [5.74, 6) is 0.321. The molecule has 36 heavy (non-hydrogen) atoms. The number of carbonyl (C=O) groups excluding carboxylic acids is 1. The van der Waals surface area contributed by atoms with Crippen molar-refractivity contribution in [3.63, 3.8) is 0 Å². The lowest BCUT2D eigenvalue weighted by Crippen LogP contribution is -2.39. The summed E-state index contributed by atoms with van der Waals surface area (Å²) >= 11 is 4.69. The molecule has 2 heterocycles. The van der Waals surface area contributed by atoms with Gasteiger partial charge in [0.1, 0.15) is 6.07 Å². The minimum absolute atomic E-state index is 0.130. The molecular formula is C26H22BrN3O5S. The van der Waals surface area contributed by atoms with E-state index in [1.54, 1.807) is 36.6 Å². The Morgan fingerprint density at radius 1 is 1.31 bits per heavy atom. The smallest absolute Gasteiger partial charge is 0.338 e. The highest BCUT2D eigenvalue weighted by atomic mass is 79.9. The molecular weight excluding hydrogens is 546 g/mol. The van der Waals surface area contributed by atoms with E-state index in [4.69, 9.17) is 19.5 Å². The molecule has 0 amide bonds. The van der Waals surface area contributed by atoms with Gasteiger partial charge in [0.25, 0.3) is 5.56 Å². The number of nitrogens with zero attached hydrogens (tertiary/aromatic N) is 3. The molecule has 10 heteroatoms. The van der Waals surface area contributed by atoms with E-state index in [1.165, 1.54) is 18.4 Å². The van der Waals surface area contributed by atoms with Crippen molar-refractivity contribution in [2.24, 2.45) is 4.99 Å². The molecule has 1 aliphatic rings. The number of hydrogen-bond acceptors (Lipinski definition) is 8. The topological polar surface area (TPSA) is 103 Å². The molecule has 0 N–H and O–H groups in total. The van der Waals surface area contributed by atoms with Crippen molar-refractivity contribution >= 4 is 39.3 Å². The maximum absolute atomic E-state index is 13.7. The third-order valence-electron chi connectivity index (χ3n) is 5.46. The van der Waals surface area contributed by atoms with Gasteiger partial charge in [0.15, 0.2) is 22.9 Å². The summed E-state index contributed by atoms with van der Waals surface area (Å²) in [6, 6.07) is 14.1. The molecule has 1 aromatic heterocycles. The molecule has 1 aliphatic heterocycles. The fourth-order valence-corrected chi connectivity index (χ4v) is 5.58. The molecule has 0 fully saturated rings. The number of methoxy groups -OCH3 is 1. The predicted molar refractivity (Wildman–Crippen MR) is 139 cm³/mol. The van der Waals surface area contributed by atoms with Crippen LogP contribution in [-0.2, 0) is 9.53 Å². The molecule has 0 saturated heterocycles. The Balaban J connectivity index is 1.89. The van der Waals surface area contributed by atoms with E-state index < -0.39 is 12.0 Å². The van der Waals surface area contributed by atoms with Crippen molar-refractivity contribution in [2.75, 3.05) is 20.3 Å². The number of hydrogen-bond donors (Lipinski definition) is 0. The van der Waals surface area contributed by atoms with Crippen LogP contribution < -0.4 is 24.4 Å². The van der Waals surface area contributed by atoms with Crippen molar-refractivity contribution in [1.82, 2.24) is 4.57 Å². The largest absolute Gasteiger partial charge is 0.493 e. The molecule has 0 aliphatic carbocycles. The zero-order chi connectivity index (χ0) is 25.8. The van der Waals surface area contributed by atoms with E-state index in [-0.39, 0.29) is 18.8 Å². The van der Waals surface area contributed by atoms with Crippen LogP contribution in [0.1, 0.15) is 31.0 Å². The van der Waals surface area contributed by atoms with Gasteiger partial charge in [-0.3, -0.25) is 9.36 Å². The lowest BCUT2D eigenvalue weighted by atomic mass is 9.96. The highest BCUT2D eigenvalue weighted by Crippen LogP contribution is 2.37. The van der Waals surface area contributed by atoms with Crippen LogP contribution >= 0.6 is 27.3 Å². The van der Waals surface area contributed by atoms with Crippen LogP contribution in [-0.4, -0.2) is 30.9 Å². The minimum Gasteiger partial charge on any atom is -0.493 e. The fourth-order valence-electron chi connectivity index (χ4n) is 3.96. The third-order valence-corrected chi connectivity index (χ3v) is 7.03. The quantitative estimate of drug-likeness (QED) is 0.405. The Morgan fingerprint density at radius 2 is 2.06 bits per heavy atom. The van der Waals surface area contributed by atoms with Gasteiger partial charge in [-0.25, -0.2) is 9.79 Å². The fraction of sp³-hybridized carbons (Fsp3) is 0.231. The average molecular weight is 568 g/mol. The maximum Gasteiger partial charge on any atom is 0.338 e. The van der Waals surface area contributed by atoms with Crippen LogP contribution in [0.3, 0.4) is 0 Å². The summed E-state index contributed by atoms with van der Waals surface area (Å²) in [5.41, 5.74) is 2.04. The first-order valence-electron chi connectivity index (χ1n) is 11.0. The summed E-state index contributed by atoms with van der Waals surface area (Å²) in [6.07, 6.45) is 1.73. The van der Waals surface area contributed by atoms with Crippen LogP contribution in [0.2, 0.25) is 0 Å². The second-order valence-corrected chi connectivity index (χ2v) is 9.56. The number of carbonyl (C=O) groups is 1. The van der Waals surface area contributed by atoms with Gasteiger partial charge < -0.3 is 14.2 Å². The number of ether oxygens (including phenoxy) is 3. The summed E-state index contributed by atoms with van der Waals surface area (Å²) in [6.45, 7) is 3.58. The first-order chi connectivity index (χ1) is 17.4. The summed E-state index contributed by atoms with van der Waals surface area (Å²) in [7, 11) is 1.50. The van der Waals surface area contributed by atoms with Gasteiger partial charge >= 0.3 is 5.97 Å². The van der Waals surface area contributed by atoms with Crippen LogP contribution in [0, 0.1) is 11.3 Å². The van der Waals surface area contributed by atoms with Gasteiger partial charge in [0.05, 0.1) is 40.0 Å². The Labute approximate surface area is 219 Å². The standard InChI is InChI=1S/C26H22BrN3O5S/c1-4-34-25(32)21-15(2)29-26-30(22(21)17-8-6-5-7-9-17)24(31)20(36-26)14-16-12-18(27)23(35-11-10-28)19(13-16)33-3/h5-9,12-14,22H,4,11H2,1-3H3/b20-14-/t22-/m1/s1. The van der Waals surface area contributed by atoms with Crippen molar-refractivity contribution in [3.05, 3.63) is 89.0 Å². The Morgan fingerprint density at radius 3 is 2.72 bits per heavy atom. The van der Waals surface area contributed by atoms with Crippen LogP contribution in [0.5, 0.6) is 11.5 Å². The van der Waals surface area contributed by atoms with Gasteiger partial charge in [-0.05, 0) is 59.1 Å². The van der Waals surface area contributed by atoms with E-state index in [0.717, 1.165) is 5.56 Å². The number of rotatable bonds is 7. The average Bonchev–Trinajstić information content (AvgIpc) is 3.17. The van der Waals surface area contributed by atoms with Gasteiger partial charge in [0.2, 0.25) is 0 Å². The number of nitriles is 1. The van der Waals surface area contributed by atoms with Gasteiger partial charge in [0, 0.05) is 0 Å². The summed E-state index contributed by atoms with van der Waals surface area (Å²) in [5, 5.41) is 8.83. The molecule has 184 valence electrons. The normalized spacial score (nSPS) is 15.1. The van der Waals surface area contributed by atoms with Crippen molar-refractivity contribution in [1.29, 1.82) is 5.26 Å². The zero-order valence-corrected chi connectivity index (χ0v) is 22.2. The van der Waals surface area contributed by atoms with E-state index in [2.05, 4.69) is 20.9 Å². The number of halogens is 1. The highest BCUT2D eigenvalue weighted by molar-refractivity contribution is 9.10. The van der Waals surface area contributed by atoms with E-state index >= 15 is 0 Å². The molecule has 0 spiro atoms. The third kappa shape index (κ3) is 4.85. The predicted octanol–water partition coefficient (Wildman–Crippen LogP) is 3.47. The molecule has 0 radical (unpaired) electrons. The number of allylic oxidation sites excluding steroid dienone is 1. The van der Waals surface area contributed by atoms with Crippen LogP contribution in [0.4, 0.5) is 0 Å². The monoisotopic (exact) mass is 567 g/mol. The number of thiazole rings is 1. The highest BCUT2D eigenvalue weighted by Gasteiger charge is 2.33. The number of esters is 1. The van der Waals surface area contributed by atoms with Crippen molar-refractivity contribution in [3.8, 4) is 17.6 Å². The SMILES string of the molecule is CCOC(=O)C1=C(C)N=c2s/c(=C\c3cc(Br)c(OCC#N)c(OC)c3)c(=O)n2[C@@H]1c1ccccc1. The second-order valence-electron chi connectivity index (χ2n) is 7.69. The van der Waals surface area contributed by atoms with Crippen molar-refractivity contribution in [2.45, 2.75) is 19.9 Å². The van der Waals surface area contributed by atoms with Gasteiger partial charge in [-0.1, -0.05) is 41.7 Å². The lowest BCUT2D eigenvalue weighted by molar-refractivity contribution is -0.139. The van der Waals surface area contributed by atoms with E-state index in [0.29, 0.717) is 42.1 Å². The molecule has 2 aromatic carbocycles. The molecule has 0 bridgehead atoms. The Bertz CT molecular complexity index is 1570. The molecule has 0 unspecified atom stereocenters. The molecule has 3 aromatic rings. The Hall–Kier alpha value is -3.68. The second kappa shape index (κ2) is 10.9. The first kappa shape index (κ1) is 25.4. The van der Waals surface area contributed by atoms with E-state index in [1.807, 2.05) is 36.4 Å². The van der Waals surface area contributed by atoms with E-state index in [9.17, 15) is 9.59 Å². The van der Waals surface area contributed by atoms with Crippen LogP contribution in [0.15, 0.2) is 68.0 Å². The number of benzene rings is 2. The molecule has 8 nitrogen and oxygen atoms in total. The van der Waals surface area contributed by atoms with Crippen LogP contribution in [0.25, 0.3) is 6.08 Å². The number of aromatic nitrogens is 1. The molecule has 1 atom stereocenters. The zero-order valence-electron chi connectivity index (χ0n) is 19.8. The van der Waals surface area contributed by atoms with Crippen molar-refractivity contribution < 1.29 is 19.0 Å². The van der Waals surface area contributed by atoms with Gasteiger partial charge in [-0.2, -0.15) is 5.26 Å². The van der Waals surface area contributed by atoms with Gasteiger partial charge in [-0.15, -0.1) is 0 Å². The first-order valence-corrected chi connectivity index (χ1v) is 12.6. The Kier molecular flexibility index (Phi) is 7.72.